The van der Waals surface area contributed by atoms with E-state index in [4.69, 9.17) is 0 Å². The lowest BCUT2D eigenvalue weighted by atomic mass is 10.1. The van der Waals surface area contributed by atoms with Crippen molar-refractivity contribution < 1.29 is 14.6 Å². The number of nitrogens with one attached hydrogen (secondary N) is 1. The molecule has 84 valence electrons. The Hall–Kier alpha value is -0.610. The summed E-state index contributed by atoms with van der Waals surface area (Å²) in [6.45, 7) is 5.79. The zero-order valence-electron chi connectivity index (χ0n) is 9.46. The maximum absolute atomic E-state index is 11.1. The van der Waals surface area contributed by atoms with Crippen molar-refractivity contribution in [3.8, 4) is 0 Å². The molecule has 0 aliphatic rings. The molecule has 0 aromatic heterocycles. The van der Waals surface area contributed by atoms with Gasteiger partial charge in [-0.3, -0.25) is 0 Å². The summed E-state index contributed by atoms with van der Waals surface area (Å²) in [4.78, 5) is 11.1. The Kier molecular flexibility index (Phi) is 5.72. The van der Waals surface area contributed by atoms with Gasteiger partial charge >= 0.3 is 5.97 Å². The van der Waals surface area contributed by atoms with Crippen molar-refractivity contribution in [2.45, 2.75) is 45.3 Å². The van der Waals surface area contributed by atoms with Crippen LogP contribution in [0.4, 0.5) is 0 Å². The molecule has 0 heterocycles. The number of ether oxygens (including phenoxy) is 1. The van der Waals surface area contributed by atoms with Gasteiger partial charge in [-0.1, -0.05) is 13.3 Å². The van der Waals surface area contributed by atoms with Crippen LogP contribution in [-0.2, 0) is 9.53 Å². The van der Waals surface area contributed by atoms with Crippen molar-refractivity contribution in [2.75, 3.05) is 13.7 Å². The first-order valence-corrected chi connectivity index (χ1v) is 4.98. The van der Waals surface area contributed by atoms with Gasteiger partial charge in [0.05, 0.1) is 7.11 Å². The molecule has 4 heteroatoms. The summed E-state index contributed by atoms with van der Waals surface area (Å²) in [6, 6.07) is 0.302. The third-order valence-electron chi connectivity index (χ3n) is 2.14. The first-order valence-electron chi connectivity index (χ1n) is 4.98. The smallest absolute Gasteiger partial charge is 0.338 e. The van der Waals surface area contributed by atoms with Crippen molar-refractivity contribution >= 4 is 5.97 Å². The molecule has 0 radical (unpaired) electrons. The average Bonchev–Trinajstić information content (AvgIpc) is 2.14. The number of aliphatic hydroxyl groups is 1. The molecule has 0 fully saturated rings. The fourth-order valence-electron chi connectivity index (χ4n) is 1.20. The molecule has 0 aliphatic heterocycles. The predicted octanol–water partition coefficient (Wildman–Crippen LogP) is 0.689. The fourth-order valence-corrected chi connectivity index (χ4v) is 1.20. The van der Waals surface area contributed by atoms with Gasteiger partial charge in [0, 0.05) is 12.6 Å². The van der Waals surface area contributed by atoms with Gasteiger partial charge in [0.25, 0.3) is 0 Å². The topological polar surface area (TPSA) is 58.6 Å². The highest BCUT2D eigenvalue weighted by atomic mass is 16.5. The zero-order valence-corrected chi connectivity index (χ0v) is 9.46. The molecule has 0 bridgehead atoms. The fraction of sp³-hybridized carbons (Fsp3) is 0.900. The molecule has 0 saturated heterocycles. The summed E-state index contributed by atoms with van der Waals surface area (Å²) in [5.41, 5.74) is -1.43. The molecule has 0 spiro atoms. The van der Waals surface area contributed by atoms with Gasteiger partial charge in [-0.05, 0) is 20.3 Å². The van der Waals surface area contributed by atoms with Gasteiger partial charge in [-0.2, -0.15) is 0 Å². The molecule has 0 aromatic rings. The second-order valence-corrected chi connectivity index (χ2v) is 3.84. The predicted molar refractivity (Wildman–Crippen MR) is 55.0 cm³/mol. The Bertz CT molecular complexity index is 180. The van der Waals surface area contributed by atoms with E-state index < -0.39 is 11.6 Å². The summed E-state index contributed by atoms with van der Waals surface area (Å²) in [6.07, 6.45) is 2.10. The van der Waals surface area contributed by atoms with Crippen LogP contribution in [0.2, 0.25) is 0 Å². The van der Waals surface area contributed by atoms with Gasteiger partial charge in [-0.25, -0.2) is 4.79 Å². The number of esters is 1. The molecule has 14 heavy (non-hydrogen) atoms. The lowest BCUT2D eigenvalue weighted by molar-refractivity contribution is -0.160. The minimum atomic E-state index is -1.43. The molecule has 2 N–H and O–H groups in total. The van der Waals surface area contributed by atoms with Gasteiger partial charge in [0.1, 0.15) is 0 Å². The molecular weight excluding hydrogens is 182 g/mol. The Morgan fingerprint density at radius 3 is 2.64 bits per heavy atom. The number of carbonyl (C=O) groups excluding carboxylic acids is 1. The maximum Gasteiger partial charge on any atom is 0.338 e. The van der Waals surface area contributed by atoms with E-state index in [1.807, 2.05) is 6.92 Å². The van der Waals surface area contributed by atoms with E-state index in [-0.39, 0.29) is 6.54 Å². The summed E-state index contributed by atoms with van der Waals surface area (Å²) in [7, 11) is 1.27. The normalized spacial score (nSPS) is 17.2. The van der Waals surface area contributed by atoms with Crippen molar-refractivity contribution in [1.29, 1.82) is 0 Å². The molecular formula is C10H21NO3. The van der Waals surface area contributed by atoms with E-state index >= 15 is 0 Å². The SMILES string of the molecule is CCCC(C)NCC(C)(O)C(=O)OC. The maximum atomic E-state index is 11.1. The quantitative estimate of drug-likeness (QED) is 0.624. The summed E-state index contributed by atoms with van der Waals surface area (Å²) in [5, 5.41) is 12.8. The first kappa shape index (κ1) is 13.4. The van der Waals surface area contributed by atoms with E-state index in [0.29, 0.717) is 6.04 Å². The van der Waals surface area contributed by atoms with E-state index in [9.17, 15) is 9.90 Å². The van der Waals surface area contributed by atoms with Gasteiger partial charge in [0.2, 0.25) is 0 Å². The van der Waals surface area contributed by atoms with Gasteiger partial charge in [0.15, 0.2) is 5.60 Å². The monoisotopic (exact) mass is 203 g/mol. The van der Waals surface area contributed by atoms with Crippen LogP contribution in [0.1, 0.15) is 33.6 Å². The van der Waals surface area contributed by atoms with Crippen LogP contribution < -0.4 is 5.32 Å². The third kappa shape index (κ3) is 4.58. The van der Waals surface area contributed by atoms with Gasteiger partial charge in [-0.15, -0.1) is 0 Å². The molecule has 2 unspecified atom stereocenters. The second kappa shape index (κ2) is 5.98. The Balaban J connectivity index is 3.92. The van der Waals surface area contributed by atoms with Crippen LogP contribution in [0.5, 0.6) is 0 Å². The van der Waals surface area contributed by atoms with Crippen LogP contribution in [0.15, 0.2) is 0 Å². The Morgan fingerprint density at radius 1 is 1.64 bits per heavy atom. The summed E-state index contributed by atoms with van der Waals surface area (Å²) in [5.74, 6) is -0.603. The third-order valence-corrected chi connectivity index (χ3v) is 2.14. The highest BCUT2D eigenvalue weighted by molar-refractivity contribution is 5.78. The van der Waals surface area contributed by atoms with Crippen molar-refractivity contribution in [2.24, 2.45) is 0 Å². The highest BCUT2D eigenvalue weighted by Crippen LogP contribution is 2.05. The van der Waals surface area contributed by atoms with Crippen LogP contribution >= 0.6 is 0 Å². The molecule has 0 aliphatic carbocycles. The molecule has 0 amide bonds. The number of hydrogen-bond acceptors (Lipinski definition) is 4. The van der Waals surface area contributed by atoms with Crippen molar-refractivity contribution in [3.63, 3.8) is 0 Å². The van der Waals surface area contributed by atoms with E-state index in [2.05, 4.69) is 17.0 Å². The second-order valence-electron chi connectivity index (χ2n) is 3.84. The lowest BCUT2D eigenvalue weighted by Gasteiger charge is -2.23. The van der Waals surface area contributed by atoms with Crippen molar-refractivity contribution in [1.82, 2.24) is 5.32 Å². The number of hydrogen-bond donors (Lipinski definition) is 2. The van der Waals surface area contributed by atoms with Crippen LogP contribution in [0, 0.1) is 0 Å². The largest absolute Gasteiger partial charge is 0.467 e. The summed E-state index contributed by atoms with van der Waals surface area (Å²) >= 11 is 0. The first-order chi connectivity index (χ1) is 6.44. The van der Waals surface area contributed by atoms with Crippen molar-refractivity contribution in [3.05, 3.63) is 0 Å². The molecule has 2 atom stereocenters. The average molecular weight is 203 g/mol. The van der Waals surface area contributed by atoms with E-state index in [1.54, 1.807) is 0 Å². The Morgan fingerprint density at radius 2 is 2.21 bits per heavy atom. The molecule has 4 nitrogen and oxygen atoms in total. The highest BCUT2D eigenvalue weighted by Gasteiger charge is 2.31. The summed E-state index contributed by atoms with van der Waals surface area (Å²) < 4.78 is 4.48. The molecule has 0 saturated carbocycles. The minimum absolute atomic E-state index is 0.223. The van der Waals surface area contributed by atoms with Crippen LogP contribution in [-0.4, -0.2) is 36.4 Å². The number of rotatable bonds is 6. The van der Waals surface area contributed by atoms with Gasteiger partial charge < -0.3 is 15.2 Å². The lowest BCUT2D eigenvalue weighted by Crippen LogP contribution is -2.47. The van der Waals surface area contributed by atoms with Crippen LogP contribution in [0.25, 0.3) is 0 Å². The molecule has 0 aromatic carbocycles. The number of methoxy groups -OCH3 is 1. The Labute approximate surface area is 85.6 Å². The number of carbonyl (C=O) groups is 1. The van der Waals surface area contributed by atoms with E-state index in [0.717, 1.165) is 12.8 Å². The zero-order chi connectivity index (χ0) is 11.2. The minimum Gasteiger partial charge on any atom is -0.467 e. The molecule has 0 rings (SSSR count). The van der Waals surface area contributed by atoms with Crippen LogP contribution in [0.3, 0.4) is 0 Å². The van der Waals surface area contributed by atoms with E-state index in [1.165, 1.54) is 14.0 Å². The standard InChI is InChI=1S/C10H21NO3/c1-5-6-8(2)11-7-10(3,13)9(12)14-4/h8,11,13H,5-7H2,1-4H3.